The zero-order chi connectivity index (χ0) is 16.4. The standard InChI is InChI=1S/C16H19N7O/c24-16(14-9-18-21-19-14)7-4-8-22(11-16)10-15-17-12-23(20-15)13-5-2-1-3-6-13/h1-3,5-6,9,12,24H,4,7-8,10-11H2,(H,18,19,21). The van der Waals surface area contributed by atoms with Crippen molar-refractivity contribution < 1.29 is 5.11 Å². The maximum atomic E-state index is 10.9. The fraction of sp³-hybridized carbons (Fsp3) is 0.375. The van der Waals surface area contributed by atoms with Crippen molar-refractivity contribution in [2.75, 3.05) is 13.1 Å². The number of β-amino-alcohol motifs (C(OH)–C–C–N with tert-alkyl or cyclic N) is 1. The predicted molar refractivity (Wildman–Crippen MR) is 86.1 cm³/mol. The molecule has 1 saturated heterocycles. The summed E-state index contributed by atoms with van der Waals surface area (Å²) in [4.78, 5) is 6.55. The molecule has 0 spiro atoms. The van der Waals surface area contributed by atoms with Gasteiger partial charge in [0.1, 0.15) is 17.6 Å². The highest BCUT2D eigenvalue weighted by molar-refractivity contribution is 5.29. The summed E-state index contributed by atoms with van der Waals surface area (Å²) in [6.45, 7) is 2.00. The monoisotopic (exact) mass is 325 g/mol. The van der Waals surface area contributed by atoms with E-state index in [4.69, 9.17) is 0 Å². The van der Waals surface area contributed by atoms with Gasteiger partial charge in [-0.25, -0.2) is 9.67 Å². The molecule has 2 N–H and O–H groups in total. The van der Waals surface area contributed by atoms with Gasteiger partial charge in [0.2, 0.25) is 0 Å². The molecule has 1 fully saturated rings. The van der Waals surface area contributed by atoms with Gasteiger partial charge in [-0.15, -0.1) is 5.10 Å². The number of nitrogens with zero attached hydrogens (tertiary/aromatic N) is 6. The molecule has 24 heavy (non-hydrogen) atoms. The van der Waals surface area contributed by atoms with Crippen LogP contribution in [0.4, 0.5) is 0 Å². The van der Waals surface area contributed by atoms with Crippen LogP contribution < -0.4 is 0 Å². The third-order valence-corrected chi connectivity index (χ3v) is 4.37. The van der Waals surface area contributed by atoms with Crippen molar-refractivity contribution in [3.05, 3.63) is 54.4 Å². The SMILES string of the molecule is OC1(c2cn[nH]n2)CCCN(Cc2ncn(-c3ccccc3)n2)C1. The molecule has 1 aromatic carbocycles. The molecule has 3 heterocycles. The average molecular weight is 325 g/mol. The number of hydrogen-bond donors (Lipinski definition) is 2. The molecule has 1 atom stereocenters. The van der Waals surface area contributed by atoms with Crippen molar-refractivity contribution in [3.8, 4) is 5.69 Å². The number of aromatic nitrogens is 6. The number of piperidine rings is 1. The molecule has 0 saturated carbocycles. The zero-order valence-electron chi connectivity index (χ0n) is 13.2. The number of para-hydroxylation sites is 1. The summed E-state index contributed by atoms with van der Waals surface area (Å²) < 4.78 is 1.77. The molecular weight excluding hydrogens is 306 g/mol. The van der Waals surface area contributed by atoms with Crippen LogP contribution in [0.3, 0.4) is 0 Å². The van der Waals surface area contributed by atoms with Crippen molar-refractivity contribution in [2.24, 2.45) is 0 Å². The zero-order valence-corrected chi connectivity index (χ0v) is 13.2. The van der Waals surface area contributed by atoms with Crippen LogP contribution in [-0.4, -0.2) is 53.3 Å². The van der Waals surface area contributed by atoms with Crippen LogP contribution in [0.1, 0.15) is 24.4 Å². The van der Waals surface area contributed by atoms with Crippen LogP contribution in [-0.2, 0) is 12.1 Å². The molecule has 8 nitrogen and oxygen atoms in total. The van der Waals surface area contributed by atoms with Crippen LogP contribution in [0.2, 0.25) is 0 Å². The topological polar surface area (TPSA) is 95.8 Å². The summed E-state index contributed by atoms with van der Waals surface area (Å²) in [7, 11) is 0. The van der Waals surface area contributed by atoms with Gasteiger partial charge in [0.15, 0.2) is 5.82 Å². The lowest BCUT2D eigenvalue weighted by molar-refractivity contribution is -0.0420. The number of aliphatic hydroxyl groups is 1. The number of likely N-dealkylation sites (tertiary alicyclic amines) is 1. The number of benzene rings is 1. The predicted octanol–water partition coefficient (Wildman–Crippen LogP) is 0.869. The first kappa shape index (κ1) is 15.0. The molecule has 2 aromatic heterocycles. The normalized spacial score (nSPS) is 21.9. The van der Waals surface area contributed by atoms with Crippen LogP contribution in [0.5, 0.6) is 0 Å². The highest BCUT2D eigenvalue weighted by Gasteiger charge is 2.37. The lowest BCUT2D eigenvalue weighted by atomic mass is 9.90. The highest BCUT2D eigenvalue weighted by Crippen LogP contribution is 2.30. The van der Waals surface area contributed by atoms with Crippen LogP contribution >= 0.6 is 0 Å². The Bertz CT molecular complexity index is 786. The van der Waals surface area contributed by atoms with Gasteiger partial charge in [0, 0.05) is 6.54 Å². The molecule has 8 heteroatoms. The van der Waals surface area contributed by atoms with Gasteiger partial charge in [-0.1, -0.05) is 18.2 Å². The second-order valence-corrected chi connectivity index (χ2v) is 6.14. The van der Waals surface area contributed by atoms with E-state index in [-0.39, 0.29) is 0 Å². The highest BCUT2D eigenvalue weighted by atomic mass is 16.3. The van der Waals surface area contributed by atoms with E-state index >= 15 is 0 Å². The molecule has 3 aromatic rings. The minimum Gasteiger partial charge on any atom is -0.382 e. The van der Waals surface area contributed by atoms with Gasteiger partial charge in [0.25, 0.3) is 0 Å². The van der Waals surface area contributed by atoms with Crippen LogP contribution in [0.15, 0.2) is 42.9 Å². The third-order valence-electron chi connectivity index (χ3n) is 4.37. The van der Waals surface area contributed by atoms with Gasteiger partial charge < -0.3 is 5.11 Å². The first-order valence-corrected chi connectivity index (χ1v) is 8.00. The van der Waals surface area contributed by atoms with Crippen molar-refractivity contribution in [1.29, 1.82) is 0 Å². The summed E-state index contributed by atoms with van der Waals surface area (Å²) in [5.41, 5.74) is 0.608. The summed E-state index contributed by atoms with van der Waals surface area (Å²) in [6.07, 6.45) is 4.88. The van der Waals surface area contributed by atoms with Gasteiger partial charge in [-0.2, -0.15) is 15.4 Å². The first-order valence-electron chi connectivity index (χ1n) is 8.00. The molecule has 0 amide bonds. The second-order valence-electron chi connectivity index (χ2n) is 6.14. The molecular formula is C16H19N7O. The average Bonchev–Trinajstić information content (AvgIpc) is 3.28. The largest absolute Gasteiger partial charge is 0.382 e. The molecule has 1 unspecified atom stereocenters. The quantitative estimate of drug-likeness (QED) is 0.739. The second kappa shape index (κ2) is 6.14. The smallest absolute Gasteiger partial charge is 0.164 e. The van der Waals surface area contributed by atoms with E-state index in [0.717, 1.165) is 24.5 Å². The summed E-state index contributed by atoms with van der Waals surface area (Å²) in [5, 5.41) is 25.8. The van der Waals surface area contributed by atoms with Gasteiger partial charge in [-0.3, -0.25) is 4.90 Å². The van der Waals surface area contributed by atoms with E-state index in [1.807, 2.05) is 30.3 Å². The van der Waals surface area contributed by atoms with Gasteiger partial charge >= 0.3 is 0 Å². The Balaban J connectivity index is 1.47. The fourth-order valence-corrected chi connectivity index (χ4v) is 3.17. The van der Waals surface area contributed by atoms with Gasteiger partial charge in [0.05, 0.1) is 18.4 Å². The first-order chi connectivity index (χ1) is 11.7. The Kier molecular flexibility index (Phi) is 3.83. The molecule has 1 aliphatic heterocycles. The van der Waals surface area contributed by atoms with Crippen LogP contribution in [0, 0.1) is 0 Å². The number of rotatable bonds is 4. The van der Waals surface area contributed by atoms with E-state index in [2.05, 4.69) is 30.4 Å². The summed E-state index contributed by atoms with van der Waals surface area (Å²) >= 11 is 0. The van der Waals surface area contributed by atoms with E-state index < -0.39 is 5.60 Å². The van der Waals surface area contributed by atoms with E-state index in [9.17, 15) is 5.11 Å². The minimum absolute atomic E-state index is 0.499. The molecule has 4 rings (SSSR count). The lowest BCUT2D eigenvalue weighted by Crippen LogP contribution is -2.46. The molecule has 0 radical (unpaired) electrons. The number of H-pyrrole nitrogens is 1. The third kappa shape index (κ3) is 2.93. The Hall–Kier alpha value is -2.58. The molecule has 124 valence electrons. The van der Waals surface area contributed by atoms with Crippen molar-refractivity contribution >= 4 is 0 Å². The van der Waals surface area contributed by atoms with E-state index in [1.54, 1.807) is 17.2 Å². The summed E-state index contributed by atoms with van der Waals surface area (Å²) in [6, 6.07) is 9.89. The Morgan fingerprint density at radius 1 is 1.25 bits per heavy atom. The Morgan fingerprint density at radius 3 is 2.92 bits per heavy atom. The number of nitrogens with one attached hydrogen (secondary N) is 1. The number of aromatic amines is 1. The van der Waals surface area contributed by atoms with Crippen molar-refractivity contribution in [3.63, 3.8) is 0 Å². The maximum absolute atomic E-state index is 10.9. The molecule has 1 aliphatic rings. The Morgan fingerprint density at radius 2 is 2.12 bits per heavy atom. The maximum Gasteiger partial charge on any atom is 0.164 e. The van der Waals surface area contributed by atoms with Crippen molar-refractivity contribution in [1.82, 2.24) is 35.1 Å². The Labute approximate surface area is 139 Å². The van der Waals surface area contributed by atoms with E-state index in [0.29, 0.717) is 25.2 Å². The van der Waals surface area contributed by atoms with E-state index in [1.165, 1.54) is 0 Å². The lowest BCUT2D eigenvalue weighted by Gasteiger charge is -2.37. The fourth-order valence-electron chi connectivity index (χ4n) is 3.17. The molecule has 0 aliphatic carbocycles. The molecule has 0 bridgehead atoms. The summed E-state index contributed by atoms with van der Waals surface area (Å²) in [5.74, 6) is 0.739. The van der Waals surface area contributed by atoms with Crippen molar-refractivity contribution in [2.45, 2.75) is 25.0 Å². The minimum atomic E-state index is -0.965. The van der Waals surface area contributed by atoms with Crippen LogP contribution in [0.25, 0.3) is 5.69 Å². The number of hydrogen-bond acceptors (Lipinski definition) is 6. The van der Waals surface area contributed by atoms with Gasteiger partial charge in [-0.05, 0) is 31.5 Å².